The smallest absolute Gasteiger partial charge is 0.323 e. The summed E-state index contributed by atoms with van der Waals surface area (Å²) in [6.07, 6.45) is 0. The molecule has 0 aliphatic rings. The summed E-state index contributed by atoms with van der Waals surface area (Å²) in [6, 6.07) is 13.6. The van der Waals surface area contributed by atoms with Gasteiger partial charge in [-0.2, -0.15) is 0 Å². The van der Waals surface area contributed by atoms with E-state index in [-0.39, 0.29) is 6.54 Å². The predicted molar refractivity (Wildman–Crippen MR) is 90.3 cm³/mol. The maximum absolute atomic E-state index is 11.2. The highest BCUT2D eigenvalue weighted by Crippen LogP contribution is 2.29. The highest BCUT2D eigenvalue weighted by atomic mass is 127. The lowest BCUT2D eigenvalue weighted by Gasteiger charge is -2.09. The molecule has 0 amide bonds. The molecule has 0 aliphatic heterocycles. The second-order valence-electron chi connectivity index (χ2n) is 4.84. The molecule has 0 saturated carbocycles. The minimum atomic E-state index is -0.873. The molecule has 1 N–H and O–H groups in total. The molecule has 0 radical (unpaired) electrons. The Labute approximate surface area is 135 Å². The number of carboxylic acids is 1. The third kappa shape index (κ3) is 2.53. The van der Waals surface area contributed by atoms with E-state index in [9.17, 15) is 9.90 Å². The van der Waals surface area contributed by atoms with E-state index in [1.165, 1.54) is 0 Å². The van der Waals surface area contributed by atoms with Crippen LogP contribution in [0.5, 0.6) is 0 Å². The van der Waals surface area contributed by atoms with Crippen molar-refractivity contribution in [3.63, 3.8) is 0 Å². The molecule has 5 heteroatoms. The number of hydrogen-bond donors (Lipinski definition) is 1. The molecule has 1 aromatic heterocycles. The summed E-state index contributed by atoms with van der Waals surface area (Å²) in [5.74, 6) is -0.172. The van der Waals surface area contributed by atoms with Crippen molar-refractivity contribution in [2.45, 2.75) is 13.5 Å². The maximum atomic E-state index is 11.2. The van der Waals surface area contributed by atoms with E-state index in [0.29, 0.717) is 5.82 Å². The summed E-state index contributed by atoms with van der Waals surface area (Å²) in [6.45, 7) is 1.94. The quantitative estimate of drug-likeness (QED) is 0.692. The van der Waals surface area contributed by atoms with Gasteiger partial charge in [-0.05, 0) is 47.2 Å². The van der Waals surface area contributed by atoms with Crippen LogP contribution in [0.3, 0.4) is 0 Å². The second-order valence-corrected chi connectivity index (χ2v) is 5.92. The lowest BCUT2D eigenvalue weighted by Crippen LogP contribution is -2.10. The molecule has 0 fully saturated rings. The lowest BCUT2D eigenvalue weighted by atomic mass is 10.1. The van der Waals surface area contributed by atoms with Crippen molar-refractivity contribution in [3.8, 4) is 11.4 Å². The Morgan fingerprint density at radius 2 is 2.00 bits per heavy atom. The number of fused-ring (bicyclic) bond motifs is 1. The Balaban J connectivity index is 2.31. The molecule has 0 aliphatic carbocycles. The Morgan fingerprint density at radius 1 is 1.24 bits per heavy atom. The summed E-state index contributed by atoms with van der Waals surface area (Å²) < 4.78 is 2.85. The molecule has 3 aromatic rings. The van der Waals surface area contributed by atoms with Crippen LogP contribution < -0.4 is 0 Å². The number of imidazole rings is 1. The second kappa shape index (κ2) is 5.48. The first-order valence-electron chi connectivity index (χ1n) is 6.50. The number of aliphatic carboxylic acids is 1. The average molecular weight is 392 g/mol. The Bertz CT molecular complexity index is 839. The van der Waals surface area contributed by atoms with Crippen LogP contribution in [-0.4, -0.2) is 20.6 Å². The number of para-hydroxylation sites is 2. The van der Waals surface area contributed by atoms with Crippen molar-refractivity contribution in [3.05, 3.63) is 51.6 Å². The van der Waals surface area contributed by atoms with Crippen LogP contribution >= 0.6 is 22.6 Å². The van der Waals surface area contributed by atoms with Crippen molar-refractivity contribution < 1.29 is 9.90 Å². The number of aromatic nitrogens is 2. The molecule has 106 valence electrons. The van der Waals surface area contributed by atoms with Gasteiger partial charge < -0.3 is 9.67 Å². The minimum Gasteiger partial charge on any atom is -0.480 e. The molecule has 0 atom stereocenters. The number of benzene rings is 2. The standard InChI is InChI=1S/C16H13IN2O2/c1-10-5-4-6-11(15(10)17)16-18-12-7-2-3-8-13(12)19(16)9-14(20)21/h2-8H,9H2,1H3,(H,20,21). The fraction of sp³-hybridized carbons (Fsp3) is 0.125. The number of carbonyl (C=O) groups is 1. The van der Waals surface area contributed by atoms with Crippen molar-refractivity contribution in [2.24, 2.45) is 0 Å². The van der Waals surface area contributed by atoms with Gasteiger partial charge in [0.05, 0.1) is 11.0 Å². The summed E-state index contributed by atoms with van der Waals surface area (Å²) in [4.78, 5) is 15.8. The fourth-order valence-electron chi connectivity index (χ4n) is 2.40. The Hall–Kier alpha value is -1.89. The molecule has 0 spiro atoms. The van der Waals surface area contributed by atoms with Crippen LogP contribution in [0.4, 0.5) is 0 Å². The van der Waals surface area contributed by atoms with E-state index in [1.54, 1.807) is 4.57 Å². The molecule has 1 heterocycles. The Kier molecular flexibility index (Phi) is 3.67. The van der Waals surface area contributed by atoms with Gasteiger partial charge in [0.2, 0.25) is 0 Å². The van der Waals surface area contributed by atoms with Crippen molar-refractivity contribution in [2.75, 3.05) is 0 Å². The number of nitrogens with zero attached hydrogens (tertiary/aromatic N) is 2. The SMILES string of the molecule is Cc1cccc(-c2nc3ccccc3n2CC(=O)O)c1I. The van der Waals surface area contributed by atoms with Gasteiger partial charge in [0.25, 0.3) is 0 Å². The van der Waals surface area contributed by atoms with Gasteiger partial charge in [-0.3, -0.25) is 4.79 Å². The van der Waals surface area contributed by atoms with Crippen LogP contribution in [0.1, 0.15) is 5.56 Å². The third-order valence-electron chi connectivity index (χ3n) is 3.38. The van der Waals surface area contributed by atoms with Gasteiger partial charge in [-0.15, -0.1) is 0 Å². The van der Waals surface area contributed by atoms with Crippen LogP contribution in [0.15, 0.2) is 42.5 Å². The summed E-state index contributed by atoms with van der Waals surface area (Å²) in [5, 5.41) is 9.19. The van der Waals surface area contributed by atoms with Crippen LogP contribution in [0.2, 0.25) is 0 Å². The molecule has 21 heavy (non-hydrogen) atoms. The van der Waals surface area contributed by atoms with E-state index < -0.39 is 5.97 Å². The van der Waals surface area contributed by atoms with E-state index in [1.807, 2.05) is 49.4 Å². The van der Waals surface area contributed by atoms with Crippen LogP contribution in [0, 0.1) is 10.5 Å². The average Bonchev–Trinajstić information content (AvgIpc) is 2.80. The number of aryl methyl sites for hydroxylation is 1. The van der Waals surface area contributed by atoms with Gasteiger partial charge in [-0.25, -0.2) is 4.98 Å². The van der Waals surface area contributed by atoms with Crippen molar-refractivity contribution >= 4 is 39.6 Å². The van der Waals surface area contributed by atoms with E-state index in [4.69, 9.17) is 0 Å². The first-order valence-corrected chi connectivity index (χ1v) is 7.58. The molecule has 4 nitrogen and oxygen atoms in total. The maximum Gasteiger partial charge on any atom is 0.323 e. The highest BCUT2D eigenvalue weighted by molar-refractivity contribution is 14.1. The van der Waals surface area contributed by atoms with Crippen LogP contribution in [-0.2, 0) is 11.3 Å². The monoisotopic (exact) mass is 392 g/mol. The highest BCUT2D eigenvalue weighted by Gasteiger charge is 2.16. The number of halogens is 1. The zero-order valence-corrected chi connectivity index (χ0v) is 13.5. The van der Waals surface area contributed by atoms with Crippen molar-refractivity contribution in [1.82, 2.24) is 9.55 Å². The molecule has 3 rings (SSSR count). The Morgan fingerprint density at radius 3 is 2.76 bits per heavy atom. The van der Waals surface area contributed by atoms with Gasteiger partial charge in [0.1, 0.15) is 12.4 Å². The molecule has 0 unspecified atom stereocenters. The predicted octanol–water partition coefficient (Wildman–Crippen LogP) is 3.70. The van der Waals surface area contributed by atoms with E-state index >= 15 is 0 Å². The van der Waals surface area contributed by atoms with Crippen LogP contribution in [0.25, 0.3) is 22.4 Å². The lowest BCUT2D eigenvalue weighted by molar-refractivity contribution is -0.137. The van der Waals surface area contributed by atoms with Gasteiger partial charge in [0, 0.05) is 9.13 Å². The summed E-state index contributed by atoms with van der Waals surface area (Å²) in [7, 11) is 0. The zero-order chi connectivity index (χ0) is 15.0. The topological polar surface area (TPSA) is 55.1 Å². The zero-order valence-electron chi connectivity index (χ0n) is 11.4. The van der Waals surface area contributed by atoms with Gasteiger partial charge in [0.15, 0.2) is 0 Å². The molecular formula is C16H13IN2O2. The molecule has 2 aromatic carbocycles. The number of hydrogen-bond acceptors (Lipinski definition) is 2. The normalized spacial score (nSPS) is 11.0. The van der Waals surface area contributed by atoms with Gasteiger partial charge >= 0.3 is 5.97 Å². The minimum absolute atomic E-state index is 0.0974. The third-order valence-corrected chi connectivity index (χ3v) is 4.81. The molecular weight excluding hydrogens is 379 g/mol. The van der Waals surface area contributed by atoms with Gasteiger partial charge in [-0.1, -0.05) is 30.3 Å². The summed E-state index contributed by atoms with van der Waals surface area (Å²) >= 11 is 2.28. The molecule has 0 saturated heterocycles. The fourth-order valence-corrected chi connectivity index (χ4v) is 3.00. The number of carboxylic acid groups (broad SMARTS) is 1. The van der Waals surface area contributed by atoms with Crippen molar-refractivity contribution in [1.29, 1.82) is 0 Å². The van der Waals surface area contributed by atoms with E-state index in [0.717, 1.165) is 25.7 Å². The largest absolute Gasteiger partial charge is 0.480 e. The molecule has 0 bridgehead atoms. The van der Waals surface area contributed by atoms with E-state index in [2.05, 4.69) is 27.6 Å². The first kappa shape index (κ1) is 14.1. The number of rotatable bonds is 3. The summed E-state index contributed by atoms with van der Waals surface area (Å²) in [5.41, 5.74) is 3.77. The first-order chi connectivity index (χ1) is 10.1.